The number of aliphatic hydroxyl groups is 1. The van der Waals surface area contributed by atoms with Crippen LogP contribution in [0.25, 0.3) is 0 Å². The fourth-order valence-corrected chi connectivity index (χ4v) is 3.40. The number of hydrogen-bond acceptors (Lipinski definition) is 2. The van der Waals surface area contributed by atoms with E-state index in [9.17, 15) is 5.11 Å². The van der Waals surface area contributed by atoms with Gasteiger partial charge in [-0.1, -0.05) is 19.8 Å². The van der Waals surface area contributed by atoms with Gasteiger partial charge in [-0.05, 0) is 45.1 Å². The van der Waals surface area contributed by atoms with E-state index in [2.05, 4.69) is 18.7 Å². The van der Waals surface area contributed by atoms with Crippen LogP contribution < -0.4 is 0 Å². The highest BCUT2D eigenvalue weighted by molar-refractivity contribution is 4.88. The summed E-state index contributed by atoms with van der Waals surface area (Å²) < 4.78 is 0. The van der Waals surface area contributed by atoms with Crippen LogP contribution in [0, 0.1) is 5.92 Å². The molecule has 0 bridgehead atoms. The van der Waals surface area contributed by atoms with Gasteiger partial charge < -0.3 is 5.11 Å². The van der Waals surface area contributed by atoms with Crippen LogP contribution in [-0.4, -0.2) is 34.7 Å². The van der Waals surface area contributed by atoms with Crippen molar-refractivity contribution in [2.75, 3.05) is 6.54 Å². The maximum Gasteiger partial charge on any atom is 0.0695 e. The summed E-state index contributed by atoms with van der Waals surface area (Å²) in [6, 6.07) is 1.13. The highest BCUT2D eigenvalue weighted by Crippen LogP contribution is 2.30. The molecule has 2 nitrogen and oxygen atoms in total. The van der Waals surface area contributed by atoms with E-state index in [-0.39, 0.29) is 6.10 Å². The number of rotatable bonds is 1. The van der Waals surface area contributed by atoms with Crippen molar-refractivity contribution in [1.82, 2.24) is 4.90 Å². The minimum atomic E-state index is -0.0605. The van der Waals surface area contributed by atoms with Crippen molar-refractivity contribution in [3.8, 4) is 0 Å². The summed E-state index contributed by atoms with van der Waals surface area (Å²) in [4.78, 5) is 2.57. The van der Waals surface area contributed by atoms with E-state index in [1.165, 1.54) is 38.6 Å². The van der Waals surface area contributed by atoms with Crippen molar-refractivity contribution in [1.29, 1.82) is 0 Å². The third-order valence-corrected chi connectivity index (χ3v) is 4.31. The van der Waals surface area contributed by atoms with Crippen LogP contribution in [0.3, 0.4) is 0 Å². The van der Waals surface area contributed by atoms with E-state index in [4.69, 9.17) is 0 Å². The lowest BCUT2D eigenvalue weighted by Crippen LogP contribution is -2.52. The summed E-state index contributed by atoms with van der Waals surface area (Å²) in [5.74, 6) is 0.872. The van der Waals surface area contributed by atoms with Gasteiger partial charge in [0.15, 0.2) is 0 Å². The molecule has 88 valence electrons. The number of piperidine rings is 1. The molecular formula is C13H25NO. The predicted molar refractivity (Wildman–Crippen MR) is 62.8 cm³/mol. The quantitative estimate of drug-likeness (QED) is 0.720. The molecule has 0 aromatic heterocycles. The third-order valence-electron chi connectivity index (χ3n) is 4.31. The molecule has 0 aromatic carbocycles. The number of hydrogen-bond donors (Lipinski definition) is 1. The molecule has 0 spiro atoms. The van der Waals surface area contributed by atoms with Gasteiger partial charge in [-0.3, -0.25) is 4.90 Å². The van der Waals surface area contributed by atoms with Gasteiger partial charge in [0, 0.05) is 12.1 Å². The molecule has 1 heterocycles. The first kappa shape index (κ1) is 11.4. The second kappa shape index (κ2) is 4.84. The molecule has 1 aliphatic heterocycles. The Kier molecular flexibility index (Phi) is 3.68. The van der Waals surface area contributed by atoms with E-state index in [1.54, 1.807) is 0 Å². The average molecular weight is 211 g/mol. The Morgan fingerprint density at radius 3 is 2.47 bits per heavy atom. The molecule has 2 rings (SSSR count). The average Bonchev–Trinajstić information content (AvgIpc) is 2.20. The minimum Gasteiger partial charge on any atom is -0.391 e. The molecule has 0 aromatic rings. The zero-order chi connectivity index (χ0) is 10.8. The molecule has 1 saturated heterocycles. The van der Waals surface area contributed by atoms with Gasteiger partial charge in [0.2, 0.25) is 0 Å². The monoisotopic (exact) mass is 211 g/mol. The molecule has 0 radical (unpaired) electrons. The third kappa shape index (κ3) is 2.54. The van der Waals surface area contributed by atoms with E-state index >= 15 is 0 Å². The van der Waals surface area contributed by atoms with Crippen LogP contribution in [0.4, 0.5) is 0 Å². The zero-order valence-electron chi connectivity index (χ0n) is 10.2. The lowest BCUT2D eigenvalue weighted by Gasteiger charge is -2.45. The highest BCUT2D eigenvalue weighted by Gasteiger charge is 2.33. The van der Waals surface area contributed by atoms with E-state index in [0.29, 0.717) is 12.1 Å². The summed E-state index contributed by atoms with van der Waals surface area (Å²) in [7, 11) is 0. The maximum absolute atomic E-state index is 10.1. The molecule has 2 aliphatic rings. The Morgan fingerprint density at radius 1 is 1.07 bits per heavy atom. The second-order valence-electron chi connectivity index (χ2n) is 5.64. The Balaban J connectivity index is 1.96. The molecule has 4 unspecified atom stereocenters. The first-order chi connectivity index (χ1) is 7.18. The minimum absolute atomic E-state index is 0.0605. The van der Waals surface area contributed by atoms with Crippen LogP contribution in [0.2, 0.25) is 0 Å². The van der Waals surface area contributed by atoms with Crippen LogP contribution in [0.5, 0.6) is 0 Å². The molecule has 4 atom stereocenters. The zero-order valence-corrected chi connectivity index (χ0v) is 10.2. The van der Waals surface area contributed by atoms with E-state index < -0.39 is 0 Å². The van der Waals surface area contributed by atoms with Crippen molar-refractivity contribution in [3.05, 3.63) is 0 Å². The fraction of sp³-hybridized carbons (Fsp3) is 1.00. The lowest BCUT2D eigenvalue weighted by molar-refractivity contribution is -0.0184. The van der Waals surface area contributed by atoms with Crippen molar-refractivity contribution >= 4 is 0 Å². The van der Waals surface area contributed by atoms with Crippen molar-refractivity contribution in [2.45, 2.75) is 70.6 Å². The summed E-state index contributed by atoms with van der Waals surface area (Å²) in [6.45, 7) is 5.88. The molecule has 2 fully saturated rings. The standard InChI is InChI=1S/C13H25NO/c1-10-7-8-14(11(2)9-10)12-5-3-4-6-13(12)15/h10-13,15H,3-9H2,1-2H3. The molecule has 1 saturated carbocycles. The summed E-state index contributed by atoms with van der Waals surface area (Å²) in [5, 5.41) is 10.1. The molecule has 0 amide bonds. The topological polar surface area (TPSA) is 23.5 Å². The van der Waals surface area contributed by atoms with Gasteiger partial charge in [0.05, 0.1) is 6.10 Å². The van der Waals surface area contributed by atoms with Crippen molar-refractivity contribution < 1.29 is 5.11 Å². The fourth-order valence-electron chi connectivity index (χ4n) is 3.40. The van der Waals surface area contributed by atoms with Crippen molar-refractivity contribution in [3.63, 3.8) is 0 Å². The Labute approximate surface area is 93.7 Å². The second-order valence-corrected chi connectivity index (χ2v) is 5.64. The Bertz CT molecular complexity index is 207. The smallest absolute Gasteiger partial charge is 0.0695 e. The van der Waals surface area contributed by atoms with E-state index in [1.807, 2.05) is 0 Å². The summed E-state index contributed by atoms with van der Waals surface area (Å²) in [5.41, 5.74) is 0. The van der Waals surface area contributed by atoms with Gasteiger partial charge >= 0.3 is 0 Å². The number of aliphatic hydroxyl groups excluding tert-OH is 1. The van der Waals surface area contributed by atoms with Gasteiger partial charge in [-0.25, -0.2) is 0 Å². The van der Waals surface area contributed by atoms with Crippen LogP contribution in [0.1, 0.15) is 52.4 Å². The SMILES string of the molecule is CC1CCN(C2CCCCC2O)C(C)C1. The first-order valence-electron chi connectivity index (χ1n) is 6.62. The van der Waals surface area contributed by atoms with Crippen LogP contribution >= 0.6 is 0 Å². The number of likely N-dealkylation sites (tertiary alicyclic amines) is 1. The van der Waals surface area contributed by atoms with E-state index in [0.717, 1.165) is 12.3 Å². The predicted octanol–water partition coefficient (Wildman–Crippen LogP) is 2.41. The molecule has 1 aliphatic carbocycles. The van der Waals surface area contributed by atoms with Gasteiger partial charge in [0.25, 0.3) is 0 Å². The van der Waals surface area contributed by atoms with Crippen molar-refractivity contribution in [2.24, 2.45) is 5.92 Å². The Morgan fingerprint density at radius 2 is 1.80 bits per heavy atom. The van der Waals surface area contributed by atoms with Crippen LogP contribution in [0.15, 0.2) is 0 Å². The number of nitrogens with zero attached hydrogens (tertiary/aromatic N) is 1. The largest absolute Gasteiger partial charge is 0.391 e. The highest BCUT2D eigenvalue weighted by atomic mass is 16.3. The lowest BCUT2D eigenvalue weighted by atomic mass is 9.86. The first-order valence-corrected chi connectivity index (χ1v) is 6.62. The molecule has 15 heavy (non-hydrogen) atoms. The maximum atomic E-state index is 10.1. The molecular weight excluding hydrogens is 186 g/mol. The summed E-state index contributed by atoms with van der Waals surface area (Å²) in [6.07, 6.45) is 7.31. The van der Waals surface area contributed by atoms with Crippen LogP contribution in [-0.2, 0) is 0 Å². The molecule has 1 N–H and O–H groups in total. The van der Waals surface area contributed by atoms with Gasteiger partial charge in [0.1, 0.15) is 0 Å². The summed E-state index contributed by atoms with van der Waals surface area (Å²) >= 11 is 0. The van der Waals surface area contributed by atoms with Gasteiger partial charge in [-0.15, -0.1) is 0 Å². The Hall–Kier alpha value is -0.0800. The molecule has 2 heteroatoms. The normalized spacial score (nSPS) is 44.2. The van der Waals surface area contributed by atoms with Gasteiger partial charge in [-0.2, -0.15) is 0 Å².